The number of hydrogen-bond donors (Lipinski definition) is 0. The predicted molar refractivity (Wildman–Crippen MR) is 44.4 cm³/mol. The van der Waals surface area contributed by atoms with E-state index in [0.717, 1.165) is 0 Å². The third kappa shape index (κ3) is 1.27. The van der Waals surface area contributed by atoms with E-state index in [1.165, 1.54) is 6.20 Å². The normalized spacial score (nSPS) is 9.46. The van der Waals surface area contributed by atoms with Gasteiger partial charge in [-0.25, -0.2) is 0 Å². The van der Waals surface area contributed by atoms with E-state index in [4.69, 9.17) is 9.78 Å². The topological polar surface area (TPSA) is 62.7 Å². The number of aromatic nitrogens is 2. The summed E-state index contributed by atoms with van der Waals surface area (Å²) in [5.41, 5.74) is 1.02. The van der Waals surface area contributed by atoms with Gasteiger partial charge in [0.2, 0.25) is 5.76 Å². The van der Waals surface area contributed by atoms with Gasteiger partial charge in [0.25, 0.3) is 0 Å². The van der Waals surface area contributed by atoms with E-state index in [-0.39, 0.29) is 0 Å². The highest BCUT2D eigenvalue weighted by Gasteiger charge is 2.09. The largest absolute Gasteiger partial charge is 0.353 e. The van der Waals surface area contributed by atoms with Crippen molar-refractivity contribution in [2.75, 3.05) is 0 Å². The van der Waals surface area contributed by atoms with Gasteiger partial charge >= 0.3 is 0 Å². The molecule has 2 heterocycles. The minimum Gasteiger partial charge on any atom is -0.353 e. The monoisotopic (exact) mass is 171 g/mol. The van der Waals surface area contributed by atoms with Gasteiger partial charge in [0, 0.05) is 6.20 Å². The Bertz CT molecular complexity index is 441. The molecule has 0 aliphatic carbocycles. The van der Waals surface area contributed by atoms with E-state index in [0.29, 0.717) is 17.0 Å². The summed E-state index contributed by atoms with van der Waals surface area (Å²) in [6, 6.07) is 7.37. The highest BCUT2D eigenvalue weighted by atomic mass is 16.5. The van der Waals surface area contributed by atoms with Crippen molar-refractivity contribution in [3.05, 3.63) is 36.2 Å². The van der Waals surface area contributed by atoms with Crippen LogP contribution in [-0.4, -0.2) is 10.1 Å². The first kappa shape index (κ1) is 7.50. The molecule has 0 saturated heterocycles. The number of hydrogen-bond acceptors (Lipinski definition) is 4. The molecule has 0 bridgehead atoms. The van der Waals surface area contributed by atoms with Crippen LogP contribution in [0.15, 0.2) is 35.1 Å². The van der Waals surface area contributed by atoms with E-state index in [1.807, 2.05) is 12.1 Å². The molecule has 0 atom stereocenters. The average Bonchev–Trinajstić information content (AvgIpc) is 2.67. The first-order valence-electron chi connectivity index (χ1n) is 3.68. The molecule has 0 spiro atoms. The minimum absolute atomic E-state index is 0.402. The van der Waals surface area contributed by atoms with Crippen molar-refractivity contribution in [2.24, 2.45) is 0 Å². The van der Waals surface area contributed by atoms with Crippen LogP contribution in [0.1, 0.15) is 5.56 Å². The first-order chi connectivity index (χ1) is 6.42. The standard InChI is InChI=1S/C9H5N3O/c10-5-7-6-12-13-9(7)8-3-1-2-4-11-8/h1-4,6H. The van der Waals surface area contributed by atoms with Crippen molar-refractivity contribution in [1.82, 2.24) is 10.1 Å². The summed E-state index contributed by atoms with van der Waals surface area (Å²) < 4.78 is 4.91. The summed E-state index contributed by atoms with van der Waals surface area (Å²) >= 11 is 0. The molecule has 2 rings (SSSR count). The SMILES string of the molecule is N#Cc1cnoc1-c1ccccn1. The third-order valence-electron chi connectivity index (χ3n) is 1.59. The van der Waals surface area contributed by atoms with E-state index >= 15 is 0 Å². The number of nitrogens with zero attached hydrogens (tertiary/aromatic N) is 3. The van der Waals surface area contributed by atoms with Gasteiger partial charge in [-0.1, -0.05) is 11.2 Å². The highest BCUT2D eigenvalue weighted by molar-refractivity contribution is 5.59. The molecule has 0 saturated carbocycles. The zero-order valence-corrected chi connectivity index (χ0v) is 6.64. The zero-order valence-electron chi connectivity index (χ0n) is 6.64. The molecule has 2 aromatic heterocycles. The lowest BCUT2D eigenvalue weighted by atomic mass is 10.2. The highest BCUT2D eigenvalue weighted by Crippen LogP contribution is 2.19. The maximum absolute atomic E-state index is 8.69. The Morgan fingerprint density at radius 3 is 3.00 bits per heavy atom. The molecule has 0 aliphatic heterocycles. The molecular formula is C9H5N3O. The quantitative estimate of drug-likeness (QED) is 0.653. The van der Waals surface area contributed by atoms with Gasteiger partial charge in [-0.15, -0.1) is 0 Å². The van der Waals surface area contributed by atoms with Gasteiger partial charge in [-0.05, 0) is 12.1 Å². The van der Waals surface area contributed by atoms with Crippen LogP contribution in [0.25, 0.3) is 11.5 Å². The molecule has 0 radical (unpaired) electrons. The van der Waals surface area contributed by atoms with Crippen molar-refractivity contribution < 1.29 is 4.52 Å². The van der Waals surface area contributed by atoms with E-state index in [1.54, 1.807) is 18.3 Å². The molecule has 0 N–H and O–H groups in total. The summed E-state index contributed by atoms with van der Waals surface area (Å²) in [6.07, 6.45) is 3.02. The molecule has 0 fully saturated rings. The Labute approximate surface area is 74.4 Å². The number of rotatable bonds is 1. The second-order valence-corrected chi connectivity index (χ2v) is 2.40. The van der Waals surface area contributed by atoms with E-state index in [2.05, 4.69) is 10.1 Å². The zero-order chi connectivity index (χ0) is 9.10. The van der Waals surface area contributed by atoms with Gasteiger partial charge in [0.05, 0.1) is 6.20 Å². The lowest BCUT2D eigenvalue weighted by molar-refractivity contribution is 0.431. The summed E-state index contributed by atoms with van der Waals surface area (Å²) in [6.45, 7) is 0. The molecule has 4 nitrogen and oxygen atoms in total. The Morgan fingerprint density at radius 1 is 1.38 bits per heavy atom. The van der Waals surface area contributed by atoms with Gasteiger partial charge in [0.1, 0.15) is 17.3 Å². The molecule has 0 amide bonds. The Morgan fingerprint density at radius 2 is 2.31 bits per heavy atom. The van der Waals surface area contributed by atoms with Crippen molar-refractivity contribution >= 4 is 0 Å². The van der Waals surface area contributed by atoms with Crippen LogP contribution in [0.5, 0.6) is 0 Å². The molecule has 62 valence electrons. The number of pyridine rings is 1. The van der Waals surface area contributed by atoms with E-state index < -0.39 is 0 Å². The minimum atomic E-state index is 0.402. The van der Waals surface area contributed by atoms with Crippen molar-refractivity contribution in [3.8, 4) is 17.5 Å². The van der Waals surface area contributed by atoms with Crippen LogP contribution in [0.3, 0.4) is 0 Å². The molecular weight excluding hydrogens is 166 g/mol. The lowest BCUT2D eigenvalue weighted by Crippen LogP contribution is -1.81. The van der Waals surface area contributed by atoms with Crippen LogP contribution >= 0.6 is 0 Å². The maximum atomic E-state index is 8.69. The van der Waals surface area contributed by atoms with Crippen molar-refractivity contribution in [2.45, 2.75) is 0 Å². The van der Waals surface area contributed by atoms with Crippen LogP contribution in [0.4, 0.5) is 0 Å². The third-order valence-corrected chi connectivity index (χ3v) is 1.59. The van der Waals surface area contributed by atoms with E-state index in [9.17, 15) is 0 Å². The average molecular weight is 171 g/mol. The molecule has 0 aliphatic rings. The summed E-state index contributed by atoms with van der Waals surface area (Å²) in [5.74, 6) is 0.420. The maximum Gasteiger partial charge on any atom is 0.202 e. The van der Waals surface area contributed by atoms with Crippen molar-refractivity contribution in [3.63, 3.8) is 0 Å². The molecule has 2 aromatic rings. The second kappa shape index (κ2) is 3.07. The lowest BCUT2D eigenvalue weighted by Gasteiger charge is -1.92. The predicted octanol–water partition coefficient (Wildman–Crippen LogP) is 1.61. The molecule has 0 unspecified atom stereocenters. The fraction of sp³-hybridized carbons (Fsp3) is 0. The fourth-order valence-corrected chi connectivity index (χ4v) is 1.00. The molecule has 4 heteroatoms. The summed E-state index contributed by atoms with van der Waals surface area (Å²) in [4.78, 5) is 4.04. The Balaban J connectivity index is 2.54. The second-order valence-electron chi connectivity index (χ2n) is 2.40. The van der Waals surface area contributed by atoms with Gasteiger partial charge < -0.3 is 4.52 Å². The Hall–Kier alpha value is -2.15. The smallest absolute Gasteiger partial charge is 0.202 e. The molecule has 0 aromatic carbocycles. The van der Waals surface area contributed by atoms with Crippen LogP contribution < -0.4 is 0 Å². The Kier molecular flexibility index (Phi) is 1.77. The van der Waals surface area contributed by atoms with Crippen LogP contribution in [0.2, 0.25) is 0 Å². The fourth-order valence-electron chi connectivity index (χ4n) is 1.00. The first-order valence-corrected chi connectivity index (χ1v) is 3.68. The number of nitriles is 1. The van der Waals surface area contributed by atoms with Crippen LogP contribution in [-0.2, 0) is 0 Å². The van der Waals surface area contributed by atoms with Crippen LogP contribution in [0, 0.1) is 11.3 Å². The molecule has 13 heavy (non-hydrogen) atoms. The summed E-state index contributed by atoms with van der Waals surface area (Å²) in [5, 5.41) is 12.2. The van der Waals surface area contributed by atoms with Gasteiger partial charge in [-0.3, -0.25) is 4.98 Å². The van der Waals surface area contributed by atoms with Crippen molar-refractivity contribution in [1.29, 1.82) is 5.26 Å². The van der Waals surface area contributed by atoms with Gasteiger partial charge in [0.15, 0.2) is 0 Å². The summed E-state index contributed by atoms with van der Waals surface area (Å²) in [7, 11) is 0. The van der Waals surface area contributed by atoms with Gasteiger partial charge in [-0.2, -0.15) is 5.26 Å².